The molecule has 2 bridgehead atoms. The van der Waals surface area contributed by atoms with Gasteiger partial charge < -0.3 is 0 Å². The van der Waals surface area contributed by atoms with Gasteiger partial charge in [0.1, 0.15) is 11.8 Å². The molecule has 1 heterocycles. The minimum absolute atomic E-state index is 0.0250. The Morgan fingerprint density at radius 2 is 2.14 bits per heavy atom. The van der Waals surface area contributed by atoms with Crippen molar-refractivity contribution in [2.75, 3.05) is 0 Å². The smallest absolute Gasteiger partial charge is 0.224 e. The van der Waals surface area contributed by atoms with Crippen molar-refractivity contribution in [1.82, 2.24) is 9.71 Å². The predicted molar refractivity (Wildman–Crippen MR) is 77.7 cm³/mol. The number of nitriles is 1. The highest BCUT2D eigenvalue weighted by Crippen LogP contribution is 2.55. The van der Waals surface area contributed by atoms with Crippen molar-refractivity contribution in [2.45, 2.75) is 44.2 Å². The standard InChI is InChI=1S/C15H19N3O2S/c1-15(2)11-7-6-10(8-11)14(15)18-21(19,20)13-5-3-4-12(9-16)17-13/h3-5,10-11,14,18H,6-8H2,1-2H3. The largest absolute Gasteiger partial charge is 0.258 e. The topological polar surface area (TPSA) is 82.9 Å². The van der Waals surface area contributed by atoms with Crippen molar-refractivity contribution >= 4 is 10.0 Å². The quantitative estimate of drug-likeness (QED) is 0.926. The van der Waals surface area contributed by atoms with Gasteiger partial charge in [-0.1, -0.05) is 19.9 Å². The Kier molecular flexibility index (Phi) is 3.30. The minimum atomic E-state index is -3.68. The van der Waals surface area contributed by atoms with Crippen LogP contribution in [0.4, 0.5) is 0 Å². The molecule has 3 atom stereocenters. The summed E-state index contributed by atoms with van der Waals surface area (Å²) in [5.41, 5.74) is 0.0908. The van der Waals surface area contributed by atoms with E-state index < -0.39 is 10.0 Å². The van der Waals surface area contributed by atoms with E-state index in [1.54, 1.807) is 6.07 Å². The lowest BCUT2D eigenvalue weighted by atomic mass is 9.73. The monoisotopic (exact) mass is 305 g/mol. The Morgan fingerprint density at radius 3 is 2.76 bits per heavy atom. The maximum absolute atomic E-state index is 12.5. The summed E-state index contributed by atoms with van der Waals surface area (Å²) in [6.45, 7) is 4.28. The molecule has 2 aliphatic rings. The molecule has 0 saturated heterocycles. The minimum Gasteiger partial charge on any atom is -0.224 e. The Balaban J connectivity index is 1.88. The van der Waals surface area contributed by atoms with Crippen LogP contribution in [0.1, 0.15) is 38.8 Å². The summed E-state index contributed by atoms with van der Waals surface area (Å²) < 4.78 is 27.9. The van der Waals surface area contributed by atoms with Crippen molar-refractivity contribution in [2.24, 2.45) is 17.3 Å². The van der Waals surface area contributed by atoms with Crippen molar-refractivity contribution in [3.05, 3.63) is 23.9 Å². The van der Waals surface area contributed by atoms with Crippen LogP contribution in [0.2, 0.25) is 0 Å². The lowest BCUT2D eigenvalue weighted by Gasteiger charge is -2.38. The zero-order valence-electron chi connectivity index (χ0n) is 12.2. The summed E-state index contributed by atoms with van der Waals surface area (Å²) in [6.07, 6.45) is 3.39. The molecule has 0 spiro atoms. The number of nitrogens with zero attached hydrogens (tertiary/aromatic N) is 2. The lowest BCUT2D eigenvalue weighted by Crippen LogP contribution is -2.48. The Labute approximate surface area is 125 Å². The van der Waals surface area contributed by atoms with Crippen LogP contribution in [0.15, 0.2) is 23.2 Å². The summed E-state index contributed by atoms with van der Waals surface area (Å²) in [5, 5.41) is 8.78. The Morgan fingerprint density at radius 1 is 1.38 bits per heavy atom. The molecule has 2 saturated carbocycles. The average molecular weight is 305 g/mol. The van der Waals surface area contributed by atoms with Crippen LogP contribution in [0.25, 0.3) is 0 Å². The number of rotatable bonds is 3. The third-order valence-corrected chi connectivity index (χ3v) is 6.54. The van der Waals surface area contributed by atoms with Crippen molar-refractivity contribution in [1.29, 1.82) is 5.26 Å². The number of nitrogens with one attached hydrogen (secondary N) is 1. The number of sulfonamides is 1. The number of hydrogen-bond acceptors (Lipinski definition) is 4. The Bertz CT molecular complexity index is 706. The van der Waals surface area contributed by atoms with Gasteiger partial charge in [-0.05, 0) is 48.6 Å². The highest BCUT2D eigenvalue weighted by Gasteiger charge is 2.53. The molecule has 3 unspecified atom stereocenters. The number of aromatic nitrogens is 1. The Hall–Kier alpha value is -1.45. The fourth-order valence-electron chi connectivity index (χ4n) is 3.96. The van der Waals surface area contributed by atoms with E-state index in [0.29, 0.717) is 11.8 Å². The molecule has 1 N–H and O–H groups in total. The zero-order chi connectivity index (χ0) is 15.3. The molecule has 1 aromatic heterocycles. The fraction of sp³-hybridized carbons (Fsp3) is 0.600. The third kappa shape index (κ3) is 2.34. The zero-order valence-corrected chi connectivity index (χ0v) is 13.0. The van der Waals surface area contributed by atoms with Gasteiger partial charge in [-0.15, -0.1) is 0 Å². The molecule has 0 amide bonds. The summed E-state index contributed by atoms with van der Waals surface area (Å²) in [7, 11) is -3.68. The molecule has 6 heteroatoms. The van der Waals surface area contributed by atoms with Gasteiger partial charge >= 0.3 is 0 Å². The maximum Gasteiger partial charge on any atom is 0.258 e. The molecule has 2 fully saturated rings. The first-order valence-electron chi connectivity index (χ1n) is 7.24. The fourth-order valence-corrected chi connectivity index (χ4v) is 5.39. The maximum atomic E-state index is 12.5. The molecule has 0 radical (unpaired) electrons. The van der Waals surface area contributed by atoms with Crippen LogP contribution in [0, 0.1) is 28.6 Å². The van der Waals surface area contributed by atoms with Crippen molar-refractivity contribution in [3.8, 4) is 6.07 Å². The van der Waals surface area contributed by atoms with E-state index in [9.17, 15) is 8.42 Å². The van der Waals surface area contributed by atoms with E-state index in [4.69, 9.17) is 5.26 Å². The van der Waals surface area contributed by atoms with Crippen LogP contribution in [-0.4, -0.2) is 19.4 Å². The van der Waals surface area contributed by atoms with Crippen molar-refractivity contribution < 1.29 is 8.42 Å². The van der Waals surface area contributed by atoms with Gasteiger partial charge in [-0.25, -0.2) is 18.1 Å². The van der Waals surface area contributed by atoms with Gasteiger partial charge in [0.05, 0.1) is 0 Å². The first-order valence-corrected chi connectivity index (χ1v) is 8.72. The molecule has 21 heavy (non-hydrogen) atoms. The predicted octanol–water partition coefficient (Wildman–Crippen LogP) is 2.06. The second kappa shape index (κ2) is 4.79. The third-order valence-electron chi connectivity index (χ3n) is 5.19. The van der Waals surface area contributed by atoms with Crippen molar-refractivity contribution in [3.63, 3.8) is 0 Å². The lowest BCUT2D eigenvalue weighted by molar-refractivity contribution is 0.169. The van der Waals surface area contributed by atoms with E-state index in [1.807, 2.05) is 6.07 Å². The highest BCUT2D eigenvalue weighted by molar-refractivity contribution is 7.89. The van der Waals surface area contributed by atoms with E-state index in [-0.39, 0.29) is 22.2 Å². The summed E-state index contributed by atoms with van der Waals surface area (Å²) >= 11 is 0. The summed E-state index contributed by atoms with van der Waals surface area (Å²) in [4.78, 5) is 3.90. The molecule has 112 valence electrons. The molecule has 0 aromatic carbocycles. The number of pyridine rings is 1. The second-order valence-electron chi connectivity index (χ2n) is 6.66. The molecule has 5 nitrogen and oxygen atoms in total. The van der Waals surface area contributed by atoms with Gasteiger partial charge in [0, 0.05) is 6.04 Å². The molecule has 3 rings (SSSR count). The summed E-state index contributed by atoms with van der Waals surface area (Å²) in [6, 6.07) is 6.31. The molecule has 2 aliphatic carbocycles. The van der Waals surface area contributed by atoms with Gasteiger partial charge in [-0.2, -0.15) is 5.26 Å². The van der Waals surface area contributed by atoms with E-state index in [2.05, 4.69) is 23.6 Å². The summed E-state index contributed by atoms with van der Waals surface area (Å²) in [5.74, 6) is 1.01. The number of fused-ring (bicyclic) bond motifs is 2. The van der Waals surface area contributed by atoms with E-state index in [0.717, 1.165) is 12.8 Å². The van der Waals surface area contributed by atoms with Gasteiger partial charge in [-0.3, -0.25) is 0 Å². The molecule has 1 aromatic rings. The van der Waals surface area contributed by atoms with Crippen LogP contribution in [0.5, 0.6) is 0 Å². The number of hydrogen-bond donors (Lipinski definition) is 1. The highest BCUT2D eigenvalue weighted by atomic mass is 32.2. The first-order chi connectivity index (χ1) is 9.84. The van der Waals surface area contributed by atoms with Gasteiger partial charge in [0.15, 0.2) is 5.03 Å². The van der Waals surface area contributed by atoms with Crippen LogP contribution >= 0.6 is 0 Å². The van der Waals surface area contributed by atoms with Crippen LogP contribution < -0.4 is 4.72 Å². The van der Waals surface area contributed by atoms with Gasteiger partial charge in [0.25, 0.3) is 10.0 Å². The first kappa shape index (κ1) is 14.5. The van der Waals surface area contributed by atoms with E-state index in [1.165, 1.54) is 18.6 Å². The normalized spacial score (nSPS) is 30.2. The average Bonchev–Trinajstić information content (AvgIpc) is 3.01. The van der Waals surface area contributed by atoms with Gasteiger partial charge in [0.2, 0.25) is 0 Å². The molecular weight excluding hydrogens is 286 g/mol. The van der Waals surface area contributed by atoms with E-state index >= 15 is 0 Å². The SMILES string of the molecule is CC1(C)C2CCC(C2)C1NS(=O)(=O)c1cccc(C#N)n1. The van der Waals surface area contributed by atoms with Crippen LogP contribution in [0.3, 0.4) is 0 Å². The van der Waals surface area contributed by atoms with Crippen LogP contribution in [-0.2, 0) is 10.0 Å². The molecule has 0 aliphatic heterocycles. The molecular formula is C15H19N3O2S. The second-order valence-corrected chi connectivity index (χ2v) is 8.32.